The molecular weight excluding hydrogens is 381 g/mol. The molecule has 0 unspecified atom stereocenters. The topological polar surface area (TPSA) is 78.2 Å². The second-order valence-electron chi connectivity index (χ2n) is 6.86. The number of hydrogen-bond donors (Lipinski definition) is 2. The Balaban J connectivity index is 1.61. The lowest BCUT2D eigenvalue weighted by Gasteiger charge is -2.33. The molecule has 4 aromatic rings. The molecule has 0 bridgehead atoms. The van der Waals surface area contributed by atoms with Gasteiger partial charge in [-0.05, 0) is 35.0 Å². The molecule has 142 valence electrons. The number of carbonyl (C=O) groups is 1. The van der Waals surface area contributed by atoms with Crippen LogP contribution in [-0.4, -0.2) is 34.4 Å². The van der Waals surface area contributed by atoms with Gasteiger partial charge in [0.2, 0.25) is 0 Å². The normalized spacial score (nSPS) is 16.4. The number of aromatic amines is 2. The number of thiophene rings is 1. The zero-order valence-electron chi connectivity index (χ0n) is 14.9. The molecule has 0 fully saturated rings. The van der Waals surface area contributed by atoms with Gasteiger partial charge >= 0.3 is 0 Å². The van der Waals surface area contributed by atoms with Crippen molar-refractivity contribution in [1.82, 2.24) is 14.9 Å². The average Bonchev–Trinajstić information content (AvgIpc) is 3.29. The molecule has 1 aliphatic heterocycles. The van der Waals surface area contributed by atoms with E-state index in [2.05, 4.69) is 9.97 Å². The number of nitrogens with zero attached hydrogens (tertiary/aromatic N) is 1. The van der Waals surface area contributed by atoms with E-state index < -0.39 is 11.9 Å². The number of benzene rings is 1. The number of rotatable bonds is 2. The number of carbonyl (C=O) groups excluding carboxylic acids is 1. The molecule has 0 spiro atoms. The van der Waals surface area contributed by atoms with Crippen LogP contribution in [0.3, 0.4) is 0 Å². The van der Waals surface area contributed by atoms with Gasteiger partial charge in [-0.25, -0.2) is 4.39 Å². The number of hydrogen-bond acceptors (Lipinski definition) is 4. The Hall–Kier alpha value is -2.97. The van der Waals surface area contributed by atoms with Gasteiger partial charge in [0.25, 0.3) is 11.5 Å². The van der Waals surface area contributed by atoms with E-state index in [1.807, 2.05) is 17.5 Å². The van der Waals surface area contributed by atoms with Crippen LogP contribution in [-0.2, 0) is 11.3 Å². The van der Waals surface area contributed by atoms with Crippen LogP contribution >= 0.6 is 11.3 Å². The Morgan fingerprint density at radius 3 is 2.93 bits per heavy atom. The van der Waals surface area contributed by atoms with Crippen LogP contribution in [0.2, 0.25) is 0 Å². The molecule has 1 amide bonds. The van der Waals surface area contributed by atoms with Crippen molar-refractivity contribution >= 4 is 38.2 Å². The van der Waals surface area contributed by atoms with Crippen LogP contribution in [0.25, 0.3) is 21.0 Å². The van der Waals surface area contributed by atoms with Gasteiger partial charge in [-0.15, -0.1) is 11.3 Å². The zero-order valence-corrected chi connectivity index (χ0v) is 15.7. The third-order valence-electron chi connectivity index (χ3n) is 5.22. The number of likely N-dealkylation sites (N-methyl/N-ethyl adjacent to an activating group) is 1. The van der Waals surface area contributed by atoms with Gasteiger partial charge in [0.1, 0.15) is 11.5 Å². The summed E-state index contributed by atoms with van der Waals surface area (Å²) in [6.07, 6.45) is 0. The summed E-state index contributed by atoms with van der Waals surface area (Å²) in [7, 11) is 1.71. The van der Waals surface area contributed by atoms with E-state index in [1.165, 1.54) is 12.1 Å². The molecule has 2 N–H and O–H groups in total. The van der Waals surface area contributed by atoms with Gasteiger partial charge in [0.05, 0.1) is 34.9 Å². The van der Waals surface area contributed by atoms with E-state index in [1.54, 1.807) is 29.4 Å². The quantitative estimate of drug-likeness (QED) is 0.543. The van der Waals surface area contributed by atoms with E-state index in [0.717, 1.165) is 15.8 Å². The molecule has 1 aromatic carbocycles. The minimum atomic E-state index is -0.475. The van der Waals surface area contributed by atoms with Gasteiger partial charge in [0, 0.05) is 18.3 Å². The van der Waals surface area contributed by atoms with Crippen LogP contribution < -0.4 is 5.56 Å². The van der Waals surface area contributed by atoms with Gasteiger partial charge in [-0.2, -0.15) is 0 Å². The summed E-state index contributed by atoms with van der Waals surface area (Å²) < 4.78 is 20.3. The third kappa shape index (κ3) is 2.56. The van der Waals surface area contributed by atoms with Crippen molar-refractivity contribution in [2.24, 2.45) is 0 Å². The van der Waals surface area contributed by atoms with Crippen molar-refractivity contribution in [2.45, 2.75) is 12.6 Å². The summed E-state index contributed by atoms with van der Waals surface area (Å²) in [4.78, 5) is 33.0. The molecular formula is C20H16FN3O3S. The van der Waals surface area contributed by atoms with Crippen LogP contribution in [0.5, 0.6) is 0 Å². The molecule has 0 saturated carbocycles. The van der Waals surface area contributed by atoms with Crippen molar-refractivity contribution in [3.63, 3.8) is 0 Å². The molecule has 0 radical (unpaired) electrons. The minimum Gasteiger partial charge on any atom is -0.373 e. The Labute approximate surface area is 162 Å². The molecule has 8 heteroatoms. The number of halogens is 1. The molecule has 1 atom stereocenters. The highest BCUT2D eigenvalue weighted by molar-refractivity contribution is 7.17. The van der Waals surface area contributed by atoms with Crippen molar-refractivity contribution in [1.29, 1.82) is 0 Å². The first-order chi connectivity index (χ1) is 13.5. The fourth-order valence-electron chi connectivity index (χ4n) is 3.82. The van der Waals surface area contributed by atoms with Gasteiger partial charge in [-0.3, -0.25) is 9.59 Å². The predicted octanol–water partition coefficient (Wildman–Crippen LogP) is 3.55. The number of pyridine rings is 1. The second kappa shape index (κ2) is 6.29. The highest BCUT2D eigenvalue weighted by Crippen LogP contribution is 2.34. The van der Waals surface area contributed by atoms with E-state index >= 15 is 0 Å². The minimum absolute atomic E-state index is 0.175. The lowest BCUT2D eigenvalue weighted by molar-refractivity contribution is 0.0333. The summed E-state index contributed by atoms with van der Waals surface area (Å²) in [5, 5.41) is 2.87. The first-order valence-corrected chi connectivity index (χ1v) is 9.66. The highest BCUT2D eigenvalue weighted by Gasteiger charge is 2.31. The standard InChI is InChI=1S/C20H16FN3O3S/c1-24(20(26)14-7-17-13(22-14)4-5-28-17)16-9-27-8-15-18(16)11-3-2-10(21)6-12(11)19(25)23-15/h2-7,16,22H,8-9H2,1H3,(H,23,25)/t16-/m1/s1. The maximum absolute atomic E-state index is 13.7. The SMILES string of the molecule is CN(C(=O)c1cc2sccc2[nH]1)[C@@H]1COCc2[nH]c(=O)c3cc(F)ccc3c21. The van der Waals surface area contributed by atoms with E-state index in [9.17, 15) is 14.0 Å². The fraction of sp³-hybridized carbons (Fsp3) is 0.200. The zero-order chi connectivity index (χ0) is 19.4. The van der Waals surface area contributed by atoms with Crippen molar-refractivity contribution in [2.75, 3.05) is 13.7 Å². The molecule has 28 heavy (non-hydrogen) atoms. The molecule has 0 aliphatic carbocycles. The first-order valence-electron chi connectivity index (χ1n) is 8.78. The Morgan fingerprint density at radius 2 is 2.11 bits per heavy atom. The van der Waals surface area contributed by atoms with Crippen LogP contribution in [0, 0.1) is 5.82 Å². The Kier molecular flexibility index (Phi) is 3.85. The Bertz CT molecular complexity index is 1260. The number of nitrogens with one attached hydrogen (secondary N) is 2. The summed E-state index contributed by atoms with van der Waals surface area (Å²) in [6, 6.07) is 7.52. The van der Waals surface area contributed by atoms with Crippen molar-refractivity contribution in [3.8, 4) is 0 Å². The van der Waals surface area contributed by atoms with Gasteiger partial charge in [-0.1, -0.05) is 6.07 Å². The van der Waals surface area contributed by atoms with E-state index in [4.69, 9.17) is 4.74 Å². The third-order valence-corrected chi connectivity index (χ3v) is 6.08. The molecule has 1 aliphatic rings. The maximum atomic E-state index is 13.7. The lowest BCUT2D eigenvalue weighted by atomic mass is 9.95. The van der Waals surface area contributed by atoms with Crippen molar-refractivity contribution in [3.05, 3.63) is 68.8 Å². The van der Waals surface area contributed by atoms with Crippen LogP contribution in [0.4, 0.5) is 4.39 Å². The summed E-state index contributed by atoms with van der Waals surface area (Å²) in [5.41, 5.74) is 2.47. The fourth-order valence-corrected chi connectivity index (χ4v) is 4.61. The summed E-state index contributed by atoms with van der Waals surface area (Å²) in [6.45, 7) is 0.539. The number of fused-ring (bicyclic) bond motifs is 4. The predicted molar refractivity (Wildman–Crippen MR) is 105 cm³/mol. The number of aromatic nitrogens is 2. The lowest BCUT2D eigenvalue weighted by Crippen LogP contribution is -2.37. The number of ether oxygens (including phenoxy) is 1. The molecule has 4 heterocycles. The van der Waals surface area contributed by atoms with Gasteiger partial charge in [0.15, 0.2) is 0 Å². The van der Waals surface area contributed by atoms with Crippen LogP contribution in [0.1, 0.15) is 27.8 Å². The first kappa shape index (κ1) is 17.2. The van der Waals surface area contributed by atoms with E-state index in [-0.39, 0.29) is 23.5 Å². The summed E-state index contributed by atoms with van der Waals surface area (Å²) in [5.74, 6) is -0.649. The average molecular weight is 397 g/mol. The van der Waals surface area contributed by atoms with Crippen LogP contribution in [0.15, 0.2) is 40.5 Å². The maximum Gasteiger partial charge on any atom is 0.270 e. The smallest absolute Gasteiger partial charge is 0.270 e. The molecule has 5 rings (SSSR count). The highest BCUT2D eigenvalue weighted by atomic mass is 32.1. The monoisotopic (exact) mass is 397 g/mol. The van der Waals surface area contributed by atoms with Crippen molar-refractivity contribution < 1.29 is 13.9 Å². The molecule has 0 saturated heterocycles. The molecule has 6 nitrogen and oxygen atoms in total. The van der Waals surface area contributed by atoms with Gasteiger partial charge < -0.3 is 19.6 Å². The Morgan fingerprint density at radius 1 is 1.25 bits per heavy atom. The second-order valence-corrected chi connectivity index (χ2v) is 7.81. The summed E-state index contributed by atoms with van der Waals surface area (Å²) >= 11 is 1.56. The number of amides is 1. The largest absolute Gasteiger partial charge is 0.373 e. The number of H-pyrrole nitrogens is 2. The van der Waals surface area contributed by atoms with E-state index in [0.29, 0.717) is 23.4 Å². The molecule has 3 aromatic heterocycles.